The second-order valence-electron chi connectivity index (χ2n) is 8.63. The number of hydrogen-bond donors (Lipinski definition) is 0. The highest BCUT2D eigenvalue weighted by Crippen LogP contribution is 2.37. The van der Waals surface area contributed by atoms with Gasteiger partial charge in [0.25, 0.3) is 0 Å². The van der Waals surface area contributed by atoms with Crippen molar-refractivity contribution in [3.63, 3.8) is 0 Å². The topological polar surface area (TPSA) is 52.6 Å². The second kappa shape index (κ2) is 9.98. The fourth-order valence-electron chi connectivity index (χ4n) is 2.39. The van der Waals surface area contributed by atoms with Crippen molar-refractivity contribution in [3.8, 4) is 0 Å². The van der Waals surface area contributed by atoms with E-state index < -0.39 is 14.4 Å². The third-order valence-electron chi connectivity index (χ3n) is 5.21. The number of esters is 1. The zero-order valence-electron chi connectivity index (χ0n) is 17.6. The predicted octanol–water partition coefficient (Wildman–Crippen LogP) is 5.50. The molecule has 1 unspecified atom stereocenters. The first kappa shape index (κ1) is 24.1. The monoisotopic (exact) mass is 456 g/mol. The highest BCUT2D eigenvalue weighted by molar-refractivity contribution is 9.09. The van der Waals surface area contributed by atoms with E-state index in [-0.39, 0.29) is 17.1 Å². The fraction of sp³-hybridized carbons (Fsp3) is 0.619. The van der Waals surface area contributed by atoms with E-state index in [9.17, 15) is 9.59 Å². The zero-order chi connectivity index (χ0) is 20.8. The first-order chi connectivity index (χ1) is 12.4. The number of cyclic esters (lactones) is 1. The molecule has 0 bridgehead atoms. The summed E-state index contributed by atoms with van der Waals surface area (Å²) >= 11 is 3.39. The normalized spacial score (nSPS) is 20.4. The van der Waals surface area contributed by atoms with E-state index in [2.05, 4.69) is 49.8 Å². The van der Waals surface area contributed by atoms with Gasteiger partial charge in [0.1, 0.15) is 12.2 Å². The number of hydrogen-bond acceptors (Lipinski definition) is 4. The number of alkyl halides is 1. The van der Waals surface area contributed by atoms with Crippen molar-refractivity contribution in [1.29, 1.82) is 0 Å². The van der Waals surface area contributed by atoms with Crippen LogP contribution in [0.25, 0.3) is 0 Å². The van der Waals surface area contributed by atoms with E-state index in [4.69, 9.17) is 9.16 Å². The SMILES string of the molecule is C/C(=C\[C@H]1C=C(CC/C=C(\C)C(C=O)O[Si](C)(C)C(C)(C)C)C(=O)O1)CBr. The summed E-state index contributed by atoms with van der Waals surface area (Å²) in [6.45, 7) is 14.6. The van der Waals surface area contributed by atoms with Crippen LogP contribution >= 0.6 is 15.9 Å². The number of aldehydes is 1. The molecule has 1 heterocycles. The maximum Gasteiger partial charge on any atom is 0.334 e. The molecule has 6 heteroatoms. The Morgan fingerprint density at radius 3 is 2.52 bits per heavy atom. The van der Waals surface area contributed by atoms with Crippen LogP contribution in [0.1, 0.15) is 47.5 Å². The van der Waals surface area contributed by atoms with Gasteiger partial charge in [-0.25, -0.2) is 4.79 Å². The average molecular weight is 457 g/mol. The largest absolute Gasteiger partial charge is 0.450 e. The van der Waals surface area contributed by atoms with E-state index in [1.807, 2.05) is 32.1 Å². The summed E-state index contributed by atoms with van der Waals surface area (Å²) in [5, 5.41) is 0.802. The van der Waals surface area contributed by atoms with Crippen molar-refractivity contribution < 1.29 is 18.8 Å². The van der Waals surface area contributed by atoms with E-state index in [0.29, 0.717) is 18.4 Å². The molecule has 0 amide bonds. The third-order valence-corrected chi connectivity index (χ3v) is 10.6. The van der Waals surface area contributed by atoms with E-state index >= 15 is 0 Å². The van der Waals surface area contributed by atoms with Crippen LogP contribution in [0.5, 0.6) is 0 Å². The lowest BCUT2D eigenvalue weighted by Gasteiger charge is -2.38. The van der Waals surface area contributed by atoms with Gasteiger partial charge < -0.3 is 14.0 Å². The van der Waals surface area contributed by atoms with Crippen molar-refractivity contribution in [3.05, 3.63) is 34.9 Å². The van der Waals surface area contributed by atoms with E-state index in [1.54, 1.807) is 0 Å². The number of rotatable bonds is 9. The summed E-state index contributed by atoms with van der Waals surface area (Å²) < 4.78 is 11.6. The van der Waals surface area contributed by atoms with Gasteiger partial charge in [0.05, 0.1) is 0 Å². The minimum absolute atomic E-state index is 0.0444. The Morgan fingerprint density at radius 2 is 2.00 bits per heavy atom. The van der Waals surface area contributed by atoms with Crippen molar-refractivity contribution >= 4 is 36.5 Å². The Hall–Kier alpha value is -0.983. The van der Waals surface area contributed by atoms with Gasteiger partial charge in [-0.1, -0.05) is 48.4 Å². The van der Waals surface area contributed by atoms with Crippen molar-refractivity contribution in [2.24, 2.45) is 0 Å². The number of ether oxygens (including phenoxy) is 1. The number of carbonyl (C=O) groups is 2. The standard InChI is InChI=1S/C21H33BrO4Si/c1-15(13-22)11-18-12-17(20(24)25-18)10-8-9-16(2)19(14-23)26-27(6,7)21(3,4)5/h9,11-12,14,18-19H,8,10,13H2,1-7H3/b15-11+,16-9+/t18-,19?/m0/s1. The Kier molecular flexibility index (Phi) is 8.90. The smallest absolute Gasteiger partial charge is 0.334 e. The van der Waals surface area contributed by atoms with Crippen LogP contribution in [0.2, 0.25) is 18.1 Å². The second-order valence-corrected chi connectivity index (χ2v) is 13.9. The minimum Gasteiger partial charge on any atom is -0.450 e. The maximum absolute atomic E-state index is 12.0. The van der Waals surface area contributed by atoms with Crippen molar-refractivity contribution in [2.75, 3.05) is 5.33 Å². The van der Waals surface area contributed by atoms with Crippen LogP contribution in [-0.2, 0) is 18.8 Å². The highest BCUT2D eigenvalue weighted by atomic mass is 79.9. The molecule has 0 fully saturated rings. The quantitative estimate of drug-likeness (QED) is 0.151. The van der Waals surface area contributed by atoms with Gasteiger partial charge in [0.2, 0.25) is 0 Å². The lowest BCUT2D eigenvalue weighted by atomic mass is 10.1. The molecule has 0 aliphatic carbocycles. The Morgan fingerprint density at radius 1 is 1.37 bits per heavy atom. The van der Waals surface area contributed by atoms with Gasteiger partial charge >= 0.3 is 5.97 Å². The van der Waals surface area contributed by atoms with Gasteiger partial charge in [-0.3, -0.25) is 0 Å². The molecule has 4 nitrogen and oxygen atoms in total. The Balaban J connectivity index is 2.71. The number of carbonyl (C=O) groups excluding carboxylic acids is 2. The van der Waals surface area contributed by atoms with E-state index in [0.717, 1.165) is 22.8 Å². The molecule has 0 N–H and O–H groups in total. The summed E-state index contributed by atoms with van der Waals surface area (Å²) in [4.78, 5) is 23.5. The fourth-order valence-corrected chi connectivity index (χ4v) is 3.80. The van der Waals surface area contributed by atoms with E-state index in [1.165, 1.54) is 0 Å². The molecule has 0 aromatic rings. The Labute approximate surface area is 173 Å². The van der Waals surface area contributed by atoms with Gasteiger partial charge in [-0.05, 0) is 62.5 Å². The maximum atomic E-state index is 12.0. The summed E-state index contributed by atoms with van der Waals surface area (Å²) in [5.41, 5.74) is 2.71. The Bertz CT molecular complexity index is 641. The predicted molar refractivity (Wildman–Crippen MR) is 117 cm³/mol. The summed E-state index contributed by atoms with van der Waals surface area (Å²) in [6.07, 6.45) is 7.15. The van der Waals surface area contributed by atoms with Crippen LogP contribution in [0.15, 0.2) is 34.9 Å². The molecule has 1 rings (SSSR count). The molecule has 0 saturated carbocycles. The molecule has 152 valence electrons. The molecule has 0 aromatic carbocycles. The number of allylic oxidation sites excluding steroid dienone is 2. The van der Waals surface area contributed by atoms with Crippen LogP contribution in [-0.4, -0.2) is 38.1 Å². The van der Waals surface area contributed by atoms with Crippen LogP contribution in [0.3, 0.4) is 0 Å². The lowest BCUT2D eigenvalue weighted by Crippen LogP contribution is -2.44. The third kappa shape index (κ3) is 7.16. The van der Waals surface area contributed by atoms with Crippen molar-refractivity contribution in [2.45, 2.75) is 77.8 Å². The molecule has 0 radical (unpaired) electrons. The molecular formula is C21H33BrO4Si. The molecule has 0 saturated heterocycles. The summed E-state index contributed by atoms with van der Waals surface area (Å²) in [5.74, 6) is -0.255. The molecule has 0 spiro atoms. The first-order valence-electron chi connectivity index (χ1n) is 9.36. The van der Waals surface area contributed by atoms with Gasteiger partial charge in [0, 0.05) is 10.9 Å². The molecule has 1 aliphatic heterocycles. The van der Waals surface area contributed by atoms with Crippen molar-refractivity contribution in [1.82, 2.24) is 0 Å². The van der Waals surface area contributed by atoms with Gasteiger partial charge in [-0.2, -0.15) is 0 Å². The van der Waals surface area contributed by atoms with Gasteiger partial charge in [0.15, 0.2) is 14.6 Å². The molecular weight excluding hydrogens is 424 g/mol. The summed E-state index contributed by atoms with van der Waals surface area (Å²) in [6, 6.07) is 0. The molecule has 27 heavy (non-hydrogen) atoms. The van der Waals surface area contributed by atoms with Crippen LogP contribution < -0.4 is 0 Å². The highest BCUT2D eigenvalue weighted by Gasteiger charge is 2.39. The first-order valence-corrected chi connectivity index (χ1v) is 13.4. The van der Waals surface area contributed by atoms with Crippen LogP contribution in [0, 0.1) is 0 Å². The molecule has 0 aromatic heterocycles. The van der Waals surface area contributed by atoms with Gasteiger partial charge in [-0.15, -0.1) is 0 Å². The average Bonchev–Trinajstić information content (AvgIpc) is 2.90. The summed E-state index contributed by atoms with van der Waals surface area (Å²) in [7, 11) is -2.02. The molecule has 2 atom stereocenters. The molecule has 1 aliphatic rings. The zero-order valence-corrected chi connectivity index (χ0v) is 20.2. The lowest BCUT2D eigenvalue weighted by molar-refractivity contribution is -0.138. The minimum atomic E-state index is -2.02. The number of halogens is 1. The van der Waals surface area contributed by atoms with Crippen LogP contribution in [0.4, 0.5) is 0 Å².